The molecular formula is C17H14ClN5O3S. The number of halogens is 1. The normalized spacial score (nSPS) is 10.9. The number of aromatic nitrogens is 2. The Morgan fingerprint density at radius 3 is 2.04 bits per heavy atom. The molecule has 0 fully saturated rings. The minimum Gasteiger partial charge on any atom is -0.308 e. The van der Waals surface area contributed by atoms with Gasteiger partial charge in [-0.3, -0.25) is 4.72 Å². The van der Waals surface area contributed by atoms with Gasteiger partial charge in [-0.05, 0) is 48.5 Å². The molecular weight excluding hydrogens is 390 g/mol. The molecule has 0 spiro atoms. The predicted octanol–water partition coefficient (Wildman–Crippen LogP) is 3.57. The van der Waals surface area contributed by atoms with E-state index < -0.39 is 16.1 Å². The molecule has 0 atom stereocenters. The van der Waals surface area contributed by atoms with Crippen LogP contribution in [-0.4, -0.2) is 24.6 Å². The number of hydrogen-bond donors (Lipinski definition) is 3. The minimum atomic E-state index is -3.84. The van der Waals surface area contributed by atoms with Crippen molar-refractivity contribution in [1.29, 1.82) is 0 Å². The van der Waals surface area contributed by atoms with Crippen molar-refractivity contribution < 1.29 is 13.2 Å². The Hall–Kier alpha value is -3.17. The van der Waals surface area contributed by atoms with E-state index in [2.05, 4.69) is 25.6 Å². The first kappa shape index (κ1) is 18.6. The first-order valence-corrected chi connectivity index (χ1v) is 9.54. The number of hydrogen-bond acceptors (Lipinski definition) is 5. The van der Waals surface area contributed by atoms with Crippen molar-refractivity contribution in [2.45, 2.75) is 4.90 Å². The van der Waals surface area contributed by atoms with Crippen LogP contribution in [0, 0.1) is 0 Å². The van der Waals surface area contributed by atoms with Crippen molar-refractivity contribution >= 4 is 44.8 Å². The van der Waals surface area contributed by atoms with Gasteiger partial charge in [0, 0.05) is 11.4 Å². The fraction of sp³-hybridized carbons (Fsp3) is 0. The maximum Gasteiger partial charge on any atom is 0.323 e. The number of urea groups is 1. The molecule has 3 aromatic rings. The minimum absolute atomic E-state index is 0.00766. The summed E-state index contributed by atoms with van der Waals surface area (Å²) >= 11 is 5.62. The zero-order valence-corrected chi connectivity index (χ0v) is 15.3. The number of anilines is 3. The summed E-state index contributed by atoms with van der Waals surface area (Å²) in [5.74, 6) is 0.0452. The second-order valence-electron chi connectivity index (χ2n) is 5.32. The van der Waals surface area contributed by atoms with Crippen LogP contribution >= 0.6 is 11.6 Å². The summed E-state index contributed by atoms with van der Waals surface area (Å²) < 4.78 is 27.0. The van der Waals surface area contributed by atoms with E-state index in [4.69, 9.17) is 11.6 Å². The molecule has 0 bridgehead atoms. The van der Waals surface area contributed by atoms with Crippen LogP contribution in [0.1, 0.15) is 0 Å². The molecule has 0 saturated heterocycles. The van der Waals surface area contributed by atoms with Crippen molar-refractivity contribution in [1.82, 2.24) is 10.2 Å². The number of carbonyl (C=O) groups is 1. The molecule has 0 aliphatic heterocycles. The second-order valence-corrected chi connectivity index (χ2v) is 7.39. The number of nitrogens with one attached hydrogen (secondary N) is 3. The molecule has 8 nitrogen and oxygen atoms in total. The summed E-state index contributed by atoms with van der Waals surface area (Å²) in [7, 11) is -3.84. The van der Waals surface area contributed by atoms with Crippen LogP contribution in [0.3, 0.4) is 0 Å². The summed E-state index contributed by atoms with van der Waals surface area (Å²) in [5.41, 5.74) is 1.08. The van der Waals surface area contributed by atoms with E-state index in [1.165, 1.54) is 36.4 Å². The summed E-state index contributed by atoms with van der Waals surface area (Å²) in [4.78, 5) is 12.0. The Kier molecular flexibility index (Phi) is 5.53. The topological polar surface area (TPSA) is 113 Å². The average molecular weight is 404 g/mol. The lowest BCUT2D eigenvalue weighted by atomic mass is 10.3. The number of para-hydroxylation sites is 1. The van der Waals surface area contributed by atoms with Gasteiger partial charge in [-0.25, -0.2) is 13.2 Å². The number of rotatable bonds is 5. The van der Waals surface area contributed by atoms with Gasteiger partial charge in [-0.2, -0.15) is 0 Å². The van der Waals surface area contributed by atoms with Crippen LogP contribution in [0.4, 0.5) is 22.0 Å². The van der Waals surface area contributed by atoms with Gasteiger partial charge in [-0.1, -0.05) is 29.8 Å². The lowest BCUT2D eigenvalue weighted by molar-refractivity contribution is 0.262. The van der Waals surface area contributed by atoms with Gasteiger partial charge >= 0.3 is 6.03 Å². The molecule has 1 heterocycles. The summed E-state index contributed by atoms with van der Waals surface area (Å²) in [6, 6.07) is 17.0. The Balaban J connectivity index is 1.65. The van der Waals surface area contributed by atoms with Gasteiger partial charge in [-0.15, -0.1) is 10.2 Å². The van der Waals surface area contributed by atoms with Gasteiger partial charge in [0.2, 0.25) is 0 Å². The predicted molar refractivity (Wildman–Crippen MR) is 103 cm³/mol. The molecule has 0 unspecified atom stereocenters. The molecule has 0 aliphatic carbocycles. The number of nitrogens with zero attached hydrogens (tertiary/aromatic N) is 2. The average Bonchev–Trinajstić information content (AvgIpc) is 2.65. The van der Waals surface area contributed by atoms with Crippen molar-refractivity contribution in [3.05, 3.63) is 71.9 Å². The Morgan fingerprint density at radius 1 is 0.815 bits per heavy atom. The fourth-order valence-corrected chi connectivity index (χ4v) is 3.20. The maximum atomic E-state index is 12.3. The highest BCUT2D eigenvalue weighted by Crippen LogP contribution is 2.18. The number of amides is 2. The highest BCUT2D eigenvalue weighted by atomic mass is 35.5. The molecule has 0 saturated carbocycles. The SMILES string of the molecule is O=C(Nc1ccccc1)Nc1ccc(S(=O)(=O)Nc2ccc(Cl)nn2)cc1. The summed E-state index contributed by atoms with van der Waals surface area (Å²) in [6.45, 7) is 0. The smallest absolute Gasteiger partial charge is 0.308 e. The van der Waals surface area contributed by atoms with E-state index in [1.54, 1.807) is 24.3 Å². The second kappa shape index (κ2) is 8.02. The zero-order chi connectivity index (χ0) is 19.3. The fourth-order valence-electron chi connectivity index (χ4n) is 2.10. The lowest BCUT2D eigenvalue weighted by Crippen LogP contribution is -2.19. The van der Waals surface area contributed by atoms with E-state index in [9.17, 15) is 13.2 Å². The Morgan fingerprint density at radius 2 is 1.44 bits per heavy atom. The molecule has 2 aromatic carbocycles. The first-order chi connectivity index (χ1) is 12.9. The number of benzene rings is 2. The van der Waals surface area contributed by atoms with Crippen LogP contribution in [0.2, 0.25) is 5.15 Å². The first-order valence-electron chi connectivity index (χ1n) is 7.67. The van der Waals surface area contributed by atoms with E-state index >= 15 is 0 Å². The molecule has 3 N–H and O–H groups in total. The molecule has 27 heavy (non-hydrogen) atoms. The number of sulfonamides is 1. The lowest BCUT2D eigenvalue weighted by Gasteiger charge is -2.09. The van der Waals surface area contributed by atoms with Crippen LogP contribution < -0.4 is 15.4 Å². The molecule has 138 valence electrons. The highest BCUT2D eigenvalue weighted by molar-refractivity contribution is 7.92. The maximum absolute atomic E-state index is 12.3. The highest BCUT2D eigenvalue weighted by Gasteiger charge is 2.15. The Bertz CT molecular complexity index is 1030. The largest absolute Gasteiger partial charge is 0.323 e. The van der Waals surface area contributed by atoms with Crippen molar-refractivity contribution in [3.63, 3.8) is 0 Å². The van der Waals surface area contributed by atoms with E-state index in [1.807, 2.05) is 6.07 Å². The molecule has 10 heteroatoms. The molecule has 0 radical (unpaired) electrons. The van der Waals surface area contributed by atoms with Gasteiger partial charge < -0.3 is 10.6 Å². The summed E-state index contributed by atoms with van der Waals surface area (Å²) in [5, 5.41) is 12.7. The molecule has 2 amide bonds. The van der Waals surface area contributed by atoms with Crippen molar-refractivity contribution in [2.24, 2.45) is 0 Å². The van der Waals surface area contributed by atoms with Crippen LogP contribution in [-0.2, 0) is 10.0 Å². The van der Waals surface area contributed by atoms with Gasteiger partial charge in [0.05, 0.1) is 4.90 Å². The third-order valence-corrected chi connectivity index (χ3v) is 4.90. The van der Waals surface area contributed by atoms with Crippen molar-refractivity contribution in [3.8, 4) is 0 Å². The van der Waals surface area contributed by atoms with Gasteiger partial charge in [0.25, 0.3) is 10.0 Å². The zero-order valence-electron chi connectivity index (χ0n) is 13.8. The Labute approximate surface area is 160 Å². The summed E-state index contributed by atoms with van der Waals surface area (Å²) in [6.07, 6.45) is 0. The third kappa shape index (κ3) is 5.16. The number of carbonyl (C=O) groups excluding carboxylic acids is 1. The van der Waals surface area contributed by atoms with Gasteiger partial charge in [0.15, 0.2) is 11.0 Å². The van der Waals surface area contributed by atoms with Crippen LogP contribution in [0.25, 0.3) is 0 Å². The van der Waals surface area contributed by atoms with Crippen molar-refractivity contribution in [2.75, 3.05) is 15.4 Å². The van der Waals surface area contributed by atoms with E-state index in [0.717, 1.165) is 0 Å². The molecule has 0 aliphatic rings. The monoisotopic (exact) mass is 403 g/mol. The van der Waals surface area contributed by atoms with Gasteiger partial charge in [0.1, 0.15) is 0 Å². The van der Waals surface area contributed by atoms with E-state index in [0.29, 0.717) is 11.4 Å². The molecule has 3 rings (SSSR count). The van der Waals surface area contributed by atoms with Crippen LogP contribution in [0.5, 0.6) is 0 Å². The van der Waals surface area contributed by atoms with E-state index in [-0.39, 0.29) is 15.9 Å². The quantitative estimate of drug-likeness (QED) is 0.602. The third-order valence-electron chi connectivity index (χ3n) is 3.33. The standard InChI is InChI=1S/C17H14ClN5O3S/c18-15-10-11-16(22-21-15)23-27(25,26)14-8-6-13(7-9-14)20-17(24)19-12-4-2-1-3-5-12/h1-11H,(H,22,23)(H2,19,20,24). The molecule has 1 aromatic heterocycles. The van der Waals surface area contributed by atoms with Crippen LogP contribution in [0.15, 0.2) is 71.6 Å².